The predicted octanol–water partition coefficient (Wildman–Crippen LogP) is 4.74. The number of hydrogen-bond donors (Lipinski definition) is 1. The summed E-state index contributed by atoms with van der Waals surface area (Å²) in [6, 6.07) is 7.71. The van der Waals surface area contributed by atoms with Crippen LogP contribution in [0.4, 0.5) is 16.4 Å². The third-order valence-corrected chi connectivity index (χ3v) is 9.42. The van der Waals surface area contributed by atoms with Gasteiger partial charge in [0.15, 0.2) is 0 Å². The van der Waals surface area contributed by atoms with Crippen LogP contribution in [0.2, 0.25) is 5.02 Å². The molecule has 1 aliphatic carbocycles. The number of sulfonamides is 1. The van der Waals surface area contributed by atoms with E-state index in [-0.39, 0.29) is 32.6 Å². The Hall–Kier alpha value is -3.68. The molecule has 2 aromatic carbocycles. The molecule has 0 spiro atoms. The third-order valence-electron chi connectivity index (χ3n) is 6.23. The van der Waals surface area contributed by atoms with E-state index in [4.69, 9.17) is 21.1 Å². The summed E-state index contributed by atoms with van der Waals surface area (Å²) in [5, 5.41) is 14.6. The van der Waals surface area contributed by atoms with Crippen LogP contribution in [0.5, 0.6) is 5.75 Å². The zero-order valence-electron chi connectivity index (χ0n) is 21.1. The van der Waals surface area contributed by atoms with E-state index in [1.807, 2.05) is 0 Å². The average Bonchev–Trinajstić information content (AvgIpc) is 3.47. The van der Waals surface area contributed by atoms with Crippen molar-refractivity contribution in [2.45, 2.75) is 31.1 Å². The molecule has 0 fully saturated rings. The smallest absolute Gasteiger partial charge is 0.341 e. The number of benzene rings is 2. The minimum absolute atomic E-state index is 0.0507. The highest BCUT2D eigenvalue weighted by molar-refractivity contribution is 7.92. The summed E-state index contributed by atoms with van der Waals surface area (Å²) < 4.78 is 38.8. The Balaban J connectivity index is 1.77. The number of aryl methyl sites for hydroxylation is 2. The van der Waals surface area contributed by atoms with Crippen molar-refractivity contribution in [1.82, 2.24) is 0 Å². The number of nitrogens with zero attached hydrogens (tertiary/aromatic N) is 2. The second-order valence-electron chi connectivity index (χ2n) is 8.63. The highest BCUT2D eigenvalue weighted by Crippen LogP contribution is 2.40. The molecule has 206 valence electrons. The van der Waals surface area contributed by atoms with Gasteiger partial charge in [0.1, 0.15) is 17.3 Å². The van der Waals surface area contributed by atoms with Gasteiger partial charge in [-0.2, -0.15) is 0 Å². The number of fused-ring (bicyclic) bond motifs is 1. The van der Waals surface area contributed by atoms with Gasteiger partial charge in [-0.1, -0.05) is 17.7 Å². The van der Waals surface area contributed by atoms with Gasteiger partial charge in [0.25, 0.3) is 15.7 Å². The molecule has 0 radical (unpaired) electrons. The van der Waals surface area contributed by atoms with E-state index in [1.54, 1.807) is 0 Å². The number of amides is 1. The van der Waals surface area contributed by atoms with Crippen molar-refractivity contribution in [1.29, 1.82) is 0 Å². The van der Waals surface area contributed by atoms with Gasteiger partial charge in [-0.05, 0) is 56.0 Å². The normalized spacial score (nSPS) is 12.5. The van der Waals surface area contributed by atoms with Crippen LogP contribution in [0.15, 0.2) is 41.3 Å². The van der Waals surface area contributed by atoms with Crippen molar-refractivity contribution in [3.05, 3.63) is 73.1 Å². The first-order chi connectivity index (χ1) is 18.5. The van der Waals surface area contributed by atoms with E-state index in [0.717, 1.165) is 33.7 Å². The Kier molecular flexibility index (Phi) is 8.14. The topological polar surface area (TPSA) is 145 Å². The van der Waals surface area contributed by atoms with Crippen LogP contribution in [0.3, 0.4) is 0 Å². The Morgan fingerprint density at radius 3 is 2.59 bits per heavy atom. The molecular weight excluding hydrogens is 570 g/mol. The number of nitro groups is 1. The van der Waals surface area contributed by atoms with E-state index in [2.05, 4.69) is 5.32 Å². The minimum Gasteiger partial charge on any atom is -0.495 e. The fourth-order valence-electron chi connectivity index (χ4n) is 4.34. The monoisotopic (exact) mass is 593 g/mol. The first-order valence-corrected chi connectivity index (χ1v) is 14.3. The van der Waals surface area contributed by atoms with Gasteiger partial charge in [0.05, 0.1) is 35.3 Å². The van der Waals surface area contributed by atoms with E-state index in [1.165, 1.54) is 62.8 Å². The number of thiophene rings is 1. The molecule has 1 aromatic heterocycles. The first kappa shape index (κ1) is 28.3. The van der Waals surface area contributed by atoms with Gasteiger partial charge in [0, 0.05) is 21.5 Å². The van der Waals surface area contributed by atoms with E-state index >= 15 is 0 Å². The summed E-state index contributed by atoms with van der Waals surface area (Å²) in [4.78, 5) is 37.2. The Morgan fingerprint density at radius 2 is 1.92 bits per heavy atom. The van der Waals surface area contributed by atoms with Crippen molar-refractivity contribution >= 4 is 61.2 Å². The molecule has 1 aliphatic rings. The quantitative estimate of drug-likeness (QED) is 0.213. The maximum absolute atomic E-state index is 13.9. The summed E-state index contributed by atoms with van der Waals surface area (Å²) in [7, 11) is -1.98. The molecule has 39 heavy (non-hydrogen) atoms. The molecule has 1 amide bonds. The molecule has 0 bridgehead atoms. The van der Waals surface area contributed by atoms with Crippen LogP contribution in [0, 0.1) is 17.0 Å². The summed E-state index contributed by atoms with van der Waals surface area (Å²) in [6.07, 6.45) is 2.30. The molecule has 0 saturated heterocycles. The number of carbonyl (C=O) groups excluding carboxylic acids is 2. The standard InChI is InChI=1S/C25H24ClN3O8S2/c1-14-7-9-16(12-18(14)29(32)33)39(34,35)28(19-11-15(26)8-10-20(19)36-2)13-22(30)27-24-23(25(31)37-3)17-5-4-6-21(17)38-24/h7-12H,4-6,13H2,1-3H3,(H,27,30). The SMILES string of the molecule is COC(=O)c1c(NC(=O)CN(c2cc(Cl)ccc2OC)S(=O)(=O)c2ccc(C)c([N+](=O)[O-])c2)sc2c1CCC2. The van der Waals surface area contributed by atoms with Gasteiger partial charge < -0.3 is 14.8 Å². The van der Waals surface area contributed by atoms with Crippen LogP contribution in [-0.4, -0.2) is 46.0 Å². The number of carbonyl (C=O) groups is 2. The molecule has 0 saturated carbocycles. The molecule has 1 heterocycles. The van der Waals surface area contributed by atoms with E-state index in [9.17, 15) is 28.1 Å². The van der Waals surface area contributed by atoms with Crippen molar-refractivity contribution in [2.24, 2.45) is 0 Å². The summed E-state index contributed by atoms with van der Waals surface area (Å²) >= 11 is 7.41. The van der Waals surface area contributed by atoms with Gasteiger partial charge >= 0.3 is 5.97 Å². The maximum atomic E-state index is 13.9. The second kappa shape index (κ2) is 11.2. The molecular formula is C25H24ClN3O8S2. The van der Waals surface area contributed by atoms with Gasteiger partial charge in [-0.3, -0.25) is 19.2 Å². The molecule has 4 rings (SSSR count). The zero-order valence-corrected chi connectivity index (χ0v) is 23.5. The zero-order chi connectivity index (χ0) is 28.5. The highest BCUT2D eigenvalue weighted by atomic mass is 35.5. The molecule has 0 unspecified atom stereocenters. The number of anilines is 2. The summed E-state index contributed by atoms with van der Waals surface area (Å²) in [6.45, 7) is 0.737. The number of nitrogens with one attached hydrogen (secondary N) is 1. The minimum atomic E-state index is -4.55. The number of halogens is 1. The van der Waals surface area contributed by atoms with Crippen LogP contribution in [-0.2, 0) is 32.4 Å². The van der Waals surface area contributed by atoms with Crippen molar-refractivity contribution in [2.75, 3.05) is 30.4 Å². The van der Waals surface area contributed by atoms with Crippen molar-refractivity contribution in [3.8, 4) is 5.75 Å². The Morgan fingerprint density at radius 1 is 1.18 bits per heavy atom. The lowest BCUT2D eigenvalue weighted by atomic mass is 10.1. The lowest BCUT2D eigenvalue weighted by Crippen LogP contribution is -2.38. The van der Waals surface area contributed by atoms with Crippen LogP contribution in [0.1, 0.15) is 32.8 Å². The molecule has 1 N–H and O–H groups in total. The van der Waals surface area contributed by atoms with Crippen molar-refractivity contribution < 1.29 is 32.4 Å². The van der Waals surface area contributed by atoms with Gasteiger partial charge in [0.2, 0.25) is 5.91 Å². The number of esters is 1. The van der Waals surface area contributed by atoms with E-state index < -0.39 is 44.0 Å². The highest BCUT2D eigenvalue weighted by Gasteiger charge is 2.33. The largest absolute Gasteiger partial charge is 0.495 e. The van der Waals surface area contributed by atoms with E-state index in [0.29, 0.717) is 6.42 Å². The van der Waals surface area contributed by atoms with Gasteiger partial charge in [-0.15, -0.1) is 11.3 Å². The van der Waals surface area contributed by atoms with Gasteiger partial charge in [-0.25, -0.2) is 13.2 Å². The predicted molar refractivity (Wildman–Crippen MR) is 147 cm³/mol. The molecule has 3 aromatic rings. The molecule has 14 heteroatoms. The number of nitro benzene ring substituents is 1. The fourth-order valence-corrected chi connectivity index (χ4v) is 7.24. The summed E-state index contributed by atoms with van der Waals surface area (Å²) in [5.41, 5.74) is 0.895. The summed E-state index contributed by atoms with van der Waals surface area (Å²) in [5.74, 6) is -1.26. The number of methoxy groups -OCH3 is 2. The Labute approximate surface area is 233 Å². The van der Waals surface area contributed by atoms with Crippen LogP contribution in [0.25, 0.3) is 0 Å². The van der Waals surface area contributed by atoms with Crippen molar-refractivity contribution in [3.63, 3.8) is 0 Å². The third kappa shape index (κ3) is 5.56. The molecule has 0 atom stereocenters. The second-order valence-corrected chi connectivity index (χ2v) is 12.0. The lowest BCUT2D eigenvalue weighted by molar-refractivity contribution is -0.385. The number of rotatable bonds is 9. The average molecular weight is 594 g/mol. The first-order valence-electron chi connectivity index (χ1n) is 11.6. The number of ether oxygens (including phenoxy) is 2. The molecule has 11 nitrogen and oxygen atoms in total. The number of hydrogen-bond acceptors (Lipinski definition) is 9. The fraction of sp³-hybridized carbons (Fsp3) is 0.280. The van der Waals surface area contributed by atoms with Crippen LogP contribution >= 0.6 is 22.9 Å². The Bertz CT molecular complexity index is 1590. The van der Waals surface area contributed by atoms with Crippen LogP contribution < -0.4 is 14.4 Å². The lowest BCUT2D eigenvalue weighted by Gasteiger charge is -2.26. The maximum Gasteiger partial charge on any atom is 0.341 e. The molecule has 0 aliphatic heterocycles.